The van der Waals surface area contributed by atoms with E-state index >= 15 is 4.39 Å². The zero-order chi connectivity index (χ0) is 27.6. The van der Waals surface area contributed by atoms with Crippen LogP contribution in [-0.4, -0.2) is 20.4 Å². The first-order valence-corrected chi connectivity index (χ1v) is 14.2. The van der Waals surface area contributed by atoms with Crippen LogP contribution in [0, 0.1) is 32.0 Å². The Morgan fingerprint density at radius 3 is 2.67 bits per heavy atom. The third kappa shape index (κ3) is 4.59. The number of nitrogens with one attached hydrogen (secondary N) is 1. The summed E-state index contributed by atoms with van der Waals surface area (Å²) < 4.78 is 17.1. The molecular weight excluding hydrogens is 535 g/mol. The van der Waals surface area contributed by atoms with Gasteiger partial charge < -0.3 is 5.32 Å². The van der Waals surface area contributed by atoms with E-state index in [-0.39, 0.29) is 39.6 Å². The summed E-state index contributed by atoms with van der Waals surface area (Å²) in [6, 6.07) is 8.52. The van der Waals surface area contributed by atoms with Gasteiger partial charge in [0.15, 0.2) is 5.82 Å². The fraction of sp³-hybridized carbons (Fsp3) is 0.333. The van der Waals surface area contributed by atoms with Crippen molar-refractivity contribution in [1.82, 2.24) is 14.5 Å². The zero-order valence-corrected chi connectivity index (χ0v) is 23.7. The van der Waals surface area contributed by atoms with Gasteiger partial charge in [0, 0.05) is 34.2 Å². The second kappa shape index (κ2) is 9.38. The van der Waals surface area contributed by atoms with Crippen LogP contribution in [-0.2, 0) is 4.79 Å². The first-order valence-electron chi connectivity index (χ1n) is 13.0. The summed E-state index contributed by atoms with van der Waals surface area (Å²) in [7, 11) is 0. The summed E-state index contributed by atoms with van der Waals surface area (Å²) in [6.45, 7) is 7.59. The molecule has 200 valence electrons. The largest absolute Gasteiger partial charge is 0.323 e. The van der Waals surface area contributed by atoms with Crippen molar-refractivity contribution in [1.29, 1.82) is 0 Å². The predicted octanol–water partition coefficient (Wildman–Crippen LogP) is 7.08. The van der Waals surface area contributed by atoms with E-state index in [0.717, 1.165) is 46.8 Å². The molecule has 39 heavy (non-hydrogen) atoms. The van der Waals surface area contributed by atoms with Gasteiger partial charge in [-0.15, -0.1) is 11.3 Å². The lowest BCUT2D eigenvalue weighted by Gasteiger charge is -2.17. The number of carbonyl (C=O) groups is 1. The lowest BCUT2D eigenvalue weighted by atomic mass is 10.1. The summed E-state index contributed by atoms with van der Waals surface area (Å²) in [6.07, 6.45) is 4.13. The molecule has 0 radical (unpaired) electrons. The van der Waals surface area contributed by atoms with Crippen LogP contribution in [0.5, 0.6) is 0 Å². The standard InChI is InChI=1S/C30H28ClFN4O2S/c1-15-13-33-23(18-6-5-7-22(27(18)32)35-29(38)30(4)8-9-30)12-25(15)36-16(2)10-21(26(31)28(36)37)19-11-20(19)24-14-39-17(3)34-24/h5-7,10,12-14,19-20H,8-9,11H2,1-4H3,(H,35,38)/t19-,20-/m0/s1. The number of nitrogens with zero attached hydrogens (tertiary/aromatic N) is 3. The van der Waals surface area contributed by atoms with Crippen molar-refractivity contribution in [3.05, 3.63) is 90.6 Å². The van der Waals surface area contributed by atoms with Gasteiger partial charge >= 0.3 is 0 Å². The highest BCUT2D eigenvalue weighted by Gasteiger charge is 2.45. The predicted molar refractivity (Wildman–Crippen MR) is 153 cm³/mol. The van der Waals surface area contributed by atoms with E-state index in [9.17, 15) is 9.59 Å². The van der Waals surface area contributed by atoms with Gasteiger partial charge in [-0.2, -0.15) is 0 Å². The van der Waals surface area contributed by atoms with Crippen LogP contribution in [0.25, 0.3) is 16.9 Å². The molecule has 2 aliphatic rings. The fourth-order valence-electron chi connectivity index (χ4n) is 5.14. The minimum atomic E-state index is -0.563. The Kier molecular flexibility index (Phi) is 6.23. The molecule has 1 amide bonds. The molecule has 1 N–H and O–H groups in total. The fourth-order valence-corrected chi connectivity index (χ4v) is 6.09. The number of hydrogen-bond donors (Lipinski definition) is 1. The average molecular weight is 563 g/mol. The summed E-state index contributed by atoms with van der Waals surface area (Å²) in [5, 5.41) is 6.03. The maximum absolute atomic E-state index is 15.6. The third-order valence-corrected chi connectivity index (χ3v) is 9.13. The summed E-state index contributed by atoms with van der Waals surface area (Å²) in [5.41, 5.74) is 3.94. The van der Waals surface area contributed by atoms with E-state index < -0.39 is 11.2 Å². The normalized spacial score (nSPS) is 19.1. The Hall–Kier alpha value is -3.36. The molecule has 0 bridgehead atoms. The monoisotopic (exact) mass is 562 g/mol. The lowest BCUT2D eigenvalue weighted by Crippen LogP contribution is -2.23. The second-order valence-corrected chi connectivity index (χ2v) is 12.4. The van der Waals surface area contributed by atoms with Crippen LogP contribution >= 0.6 is 22.9 Å². The molecule has 3 aromatic heterocycles. The highest BCUT2D eigenvalue weighted by atomic mass is 35.5. The minimum absolute atomic E-state index is 0.115. The van der Waals surface area contributed by atoms with Crippen molar-refractivity contribution in [3.63, 3.8) is 0 Å². The quantitative estimate of drug-likeness (QED) is 0.272. The molecule has 6 rings (SSSR count). The number of carbonyl (C=O) groups excluding carboxylic acids is 1. The number of aromatic nitrogens is 3. The van der Waals surface area contributed by atoms with E-state index in [4.69, 9.17) is 11.6 Å². The number of rotatable bonds is 6. The number of anilines is 1. The van der Waals surface area contributed by atoms with Crippen molar-refractivity contribution in [2.45, 2.75) is 58.8 Å². The van der Waals surface area contributed by atoms with E-state index in [1.807, 2.05) is 33.8 Å². The SMILES string of the molecule is Cc1nc([C@H]2C[C@@H]2c2cc(C)n(-c3cc(-c4cccc(NC(=O)C5(C)CC5)c4F)ncc3C)c(=O)c2Cl)cs1. The molecule has 1 aromatic carbocycles. The van der Waals surface area contributed by atoms with Crippen LogP contribution in [0.3, 0.4) is 0 Å². The van der Waals surface area contributed by atoms with Gasteiger partial charge in [-0.25, -0.2) is 9.37 Å². The van der Waals surface area contributed by atoms with Crippen molar-refractivity contribution < 1.29 is 9.18 Å². The smallest absolute Gasteiger partial charge is 0.274 e. The van der Waals surface area contributed by atoms with Crippen molar-refractivity contribution in [3.8, 4) is 16.9 Å². The highest BCUT2D eigenvalue weighted by Crippen LogP contribution is 2.55. The molecule has 3 heterocycles. The van der Waals surface area contributed by atoms with Gasteiger partial charge in [0.05, 0.1) is 27.8 Å². The summed E-state index contributed by atoms with van der Waals surface area (Å²) in [5.74, 6) is -0.309. The molecule has 2 atom stereocenters. The Morgan fingerprint density at radius 1 is 1.21 bits per heavy atom. The number of benzene rings is 1. The van der Waals surface area contributed by atoms with Gasteiger partial charge in [-0.05, 0) is 81.3 Å². The van der Waals surface area contributed by atoms with Gasteiger partial charge in [0.2, 0.25) is 5.91 Å². The van der Waals surface area contributed by atoms with Crippen molar-refractivity contribution in [2.75, 3.05) is 5.32 Å². The molecule has 0 spiro atoms. The van der Waals surface area contributed by atoms with Crippen LogP contribution in [0.4, 0.5) is 10.1 Å². The minimum Gasteiger partial charge on any atom is -0.323 e. The van der Waals surface area contributed by atoms with E-state index in [1.54, 1.807) is 46.4 Å². The molecular formula is C30H28ClFN4O2S. The van der Waals surface area contributed by atoms with Crippen LogP contribution < -0.4 is 10.9 Å². The maximum atomic E-state index is 15.6. The first kappa shape index (κ1) is 25.9. The molecule has 2 aliphatic carbocycles. The van der Waals surface area contributed by atoms with Crippen LogP contribution in [0.1, 0.15) is 65.5 Å². The zero-order valence-electron chi connectivity index (χ0n) is 22.1. The maximum Gasteiger partial charge on any atom is 0.274 e. The number of hydrogen-bond acceptors (Lipinski definition) is 5. The third-order valence-electron chi connectivity index (χ3n) is 7.95. The van der Waals surface area contributed by atoms with E-state index in [1.165, 1.54) is 0 Å². The number of amides is 1. The molecule has 2 saturated carbocycles. The molecule has 0 aliphatic heterocycles. The van der Waals surface area contributed by atoms with Crippen molar-refractivity contribution >= 4 is 34.5 Å². The van der Waals surface area contributed by atoms with E-state index in [0.29, 0.717) is 11.4 Å². The number of pyridine rings is 2. The van der Waals surface area contributed by atoms with Crippen LogP contribution in [0.2, 0.25) is 5.02 Å². The van der Waals surface area contributed by atoms with Gasteiger partial charge in [0.1, 0.15) is 5.02 Å². The topological polar surface area (TPSA) is 76.9 Å². The second-order valence-electron chi connectivity index (χ2n) is 11.0. The molecule has 9 heteroatoms. The van der Waals surface area contributed by atoms with Gasteiger partial charge in [-0.3, -0.25) is 19.1 Å². The molecule has 0 unspecified atom stereocenters. The first-order chi connectivity index (χ1) is 18.6. The number of thiazole rings is 1. The number of halogens is 2. The van der Waals surface area contributed by atoms with Crippen LogP contribution in [0.15, 0.2) is 46.7 Å². The number of aryl methyl sites for hydroxylation is 3. The van der Waals surface area contributed by atoms with Gasteiger partial charge in [-0.1, -0.05) is 24.6 Å². The Labute approximate surface area is 234 Å². The Balaban J connectivity index is 1.35. The highest BCUT2D eigenvalue weighted by molar-refractivity contribution is 7.09. The molecule has 0 saturated heterocycles. The molecule has 6 nitrogen and oxygen atoms in total. The van der Waals surface area contributed by atoms with Gasteiger partial charge in [0.25, 0.3) is 5.56 Å². The molecule has 2 fully saturated rings. The summed E-state index contributed by atoms with van der Waals surface area (Å²) in [4.78, 5) is 35.2. The molecule has 4 aromatic rings. The van der Waals surface area contributed by atoms with E-state index in [2.05, 4.69) is 20.7 Å². The van der Waals surface area contributed by atoms with Crippen molar-refractivity contribution in [2.24, 2.45) is 5.41 Å². The Bertz CT molecular complexity index is 1710. The lowest BCUT2D eigenvalue weighted by molar-refractivity contribution is -0.120. The summed E-state index contributed by atoms with van der Waals surface area (Å²) >= 11 is 8.32. The Morgan fingerprint density at radius 2 is 1.97 bits per heavy atom. The average Bonchev–Trinajstić information content (AvgIpc) is 3.82.